The number of fused-ring (bicyclic) bond motifs is 1. The van der Waals surface area contributed by atoms with E-state index in [4.69, 9.17) is 14.2 Å². The predicted octanol–water partition coefficient (Wildman–Crippen LogP) is 6.22. The van der Waals surface area contributed by atoms with Gasteiger partial charge < -0.3 is 23.9 Å². The molecule has 2 heterocycles. The summed E-state index contributed by atoms with van der Waals surface area (Å²) in [6.45, 7) is 3.45. The number of ether oxygens (including phenoxy) is 3. The summed E-state index contributed by atoms with van der Waals surface area (Å²) in [5, 5.41) is 9.48. The maximum Gasteiger partial charge on any atom is 0.335 e. The minimum atomic E-state index is -1.04. The Kier molecular flexibility index (Phi) is 9.38. The zero-order valence-electron chi connectivity index (χ0n) is 23.8. The molecule has 3 aromatic carbocycles. The van der Waals surface area contributed by atoms with Gasteiger partial charge in [-0.2, -0.15) is 0 Å². The number of benzene rings is 3. The van der Waals surface area contributed by atoms with E-state index in [1.165, 1.54) is 18.2 Å². The number of carbonyl (C=O) groups is 1. The minimum Gasteiger partial charge on any atom is -0.478 e. The number of methoxy groups -OCH3 is 1. The van der Waals surface area contributed by atoms with Gasteiger partial charge in [0.2, 0.25) is 5.88 Å². The lowest BCUT2D eigenvalue weighted by Gasteiger charge is -2.12. The number of imidazole rings is 1. The van der Waals surface area contributed by atoms with E-state index in [1.807, 2.05) is 17.6 Å². The summed E-state index contributed by atoms with van der Waals surface area (Å²) in [5.74, 6) is -0.947. The molecule has 0 aliphatic heterocycles. The summed E-state index contributed by atoms with van der Waals surface area (Å²) in [4.78, 5) is 20.7. The van der Waals surface area contributed by atoms with Crippen LogP contribution in [0.3, 0.4) is 0 Å². The van der Waals surface area contributed by atoms with Crippen molar-refractivity contribution < 1.29 is 32.9 Å². The van der Waals surface area contributed by atoms with Gasteiger partial charge in [0.1, 0.15) is 24.1 Å². The Morgan fingerprint density at radius 3 is 2.49 bits per heavy atom. The van der Waals surface area contributed by atoms with Gasteiger partial charge in [-0.15, -0.1) is 0 Å². The van der Waals surface area contributed by atoms with Gasteiger partial charge in [0.05, 0.1) is 42.1 Å². The van der Waals surface area contributed by atoms with E-state index in [2.05, 4.69) is 9.97 Å². The van der Waals surface area contributed by atoms with Crippen molar-refractivity contribution in [3.05, 3.63) is 113 Å². The molecule has 10 heteroatoms. The molecule has 0 aliphatic carbocycles. The first-order valence-electron chi connectivity index (χ1n) is 13.7. The van der Waals surface area contributed by atoms with Gasteiger partial charge in [-0.25, -0.2) is 23.5 Å². The summed E-state index contributed by atoms with van der Waals surface area (Å²) < 4.78 is 47.9. The molecular weight excluding hydrogens is 556 g/mol. The summed E-state index contributed by atoms with van der Waals surface area (Å²) >= 11 is 0. The first kappa shape index (κ1) is 29.8. The minimum absolute atomic E-state index is 0.0161. The molecule has 0 unspecified atom stereocenters. The number of pyridine rings is 1. The van der Waals surface area contributed by atoms with Gasteiger partial charge in [0.25, 0.3) is 0 Å². The van der Waals surface area contributed by atoms with Crippen molar-refractivity contribution >= 4 is 17.0 Å². The zero-order valence-corrected chi connectivity index (χ0v) is 23.8. The van der Waals surface area contributed by atoms with E-state index in [-0.39, 0.29) is 24.4 Å². The standard InChI is InChI=1S/C33H31F2N3O5/c1-21-6-7-25(26(34)16-21)20-43-32-5-3-4-28(37-32)23-9-8-22(27(35)17-23)19-31-36-29-11-10-24(33(39)40)18-30(29)38(31)12-13-42-15-14-41-2/h3-11,16-18H,12-15,19-20H2,1-2H3,(H,39,40). The Morgan fingerprint density at radius 1 is 0.907 bits per heavy atom. The molecule has 0 amide bonds. The largest absolute Gasteiger partial charge is 0.478 e. The third-order valence-electron chi connectivity index (χ3n) is 6.97. The Morgan fingerprint density at radius 2 is 1.72 bits per heavy atom. The molecule has 8 nitrogen and oxygen atoms in total. The first-order valence-corrected chi connectivity index (χ1v) is 13.7. The molecule has 2 aromatic heterocycles. The van der Waals surface area contributed by atoms with Crippen LogP contribution in [0.4, 0.5) is 8.78 Å². The second-order valence-corrected chi connectivity index (χ2v) is 10.0. The average Bonchev–Trinajstić information content (AvgIpc) is 3.33. The van der Waals surface area contributed by atoms with Crippen LogP contribution in [0, 0.1) is 18.6 Å². The normalized spacial score (nSPS) is 11.3. The lowest BCUT2D eigenvalue weighted by molar-refractivity contribution is 0.0667. The van der Waals surface area contributed by atoms with Crippen LogP contribution in [0.5, 0.6) is 5.88 Å². The highest BCUT2D eigenvalue weighted by molar-refractivity contribution is 5.92. The van der Waals surface area contributed by atoms with E-state index in [0.29, 0.717) is 71.5 Å². The highest BCUT2D eigenvalue weighted by atomic mass is 19.1. The summed E-state index contributed by atoms with van der Waals surface area (Å²) in [7, 11) is 1.59. The fourth-order valence-electron chi connectivity index (χ4n) is 4.69. The van der Waals surface area contributed by atoms with Gasteiger partial charge >= 0.3 is 5.97 Å². The second-order valence-electron chi connectivity index (χ2n) is 10.0. The third-order valence-corrected chi connectivity index (χ3v) is 6.97. The fraction of sp³-hybridized carbons (Fsp3) is 0.242. The van der Waals surface area contributed by atoms with Gasteiger partial charge in [-0.1, -0.05) is 30.3 Å². The molecule has 0 spiro atoms. The second kappa shape index (κ2) is 13.5. The molecule has 1 N–H and O–H groups in total. The molecule has 0 aliphatic rings. The van der Waals surface area contributed by atoms with Crippen LogP contribution in [0.25, 0.3) is 22.3 Å². The van der Waals surface area contributed by atoms with E-state index in [0.717, 1.165) is 5.56 Å². The average molecular weight is 588 g/mol. The van der Waals surface area contributed by atoms with Crippen molar-refractivity contribution in [2.75, 3.05) is 26.9 Å². The first-order chi connectivity index (χ1) is 20.8. The number of aromatic nitrogens is 3. The fourth-order valence-corrected chi connectivity index (χ4v) is 4.69. The lowest BCUT2D eigenvalue weighted by atomic mass is 10.1. The van der Waals surface area contributed by atoms with Crippen molar-refractivity contribution in [3.63, 3.8) is 0 Å². The number of aromatic carboxylic acids is 1. The van der Waals surface area contributed by atoms with Crippen LogP contribution in [-0.2, 0) is 29.0 Å². The quantitative estimate of drug-likeness (QED) is 0.164. The van der Waals surface area contributed by atoms with Gasteiger partial charge in [0.15, 0.2) is 0 Å². The Bertz CT molecular complexity index is 1750. The number of nitrogens with zero attached hydrogens (tertiary/aromatic N) is 3. The van der Waals surface area contributed by atoms with Crippen molar-refractivity contribution in [2.24, 2.45) is 0 Å². The van der Waals surface area contributed by atoms with Crippen molar-refractivity contribution in [2.45, 2.75) is 26.5 Å². The molecule has 5 rings (SSSR count). The smallest absolute Gasteiger partial charge is 0.335 e. The van der Waals surface area contributed by atoms with Gasteiger partial charge in [-0.3, -0.25) is 0 Å². The number of carboxylic acids is 1. The number of rotatable bonds is 13. The number of halogens is 2. The molecule has 0 bridgehead atoms. The SMILES string of the molecule is COCCOCCn1c(Cc2ccc(-c3cccc(OCc4ccc(C)cc4F)n3)cc2F)nc2ccc(C(=O)O)cc21. The molecule has 222 valence electrons. The summed E-state index contributed by atoms with van der Waals surface area (Å²) in [6.07, 6.45) is 0.181. The molecular formula is C33H31F2N3O5. The molecule has 0 saturated heterocycles. The van der Waals surface area contributed by atoms with Gasteiger partial charge in [0, 0.05) is 37.3 Å². The molecule has 0 radical (unpaired) electrons. The maximum atomic E-state index is 15.5. The van der Waals surface area contributed by atoms with Crippen molar-refractivity contribution in [1.29, 1.82) is 0 Å². The van der Waals surface area contributed by atoms with Crippen LogP contribution in [0.1, 0.15) is 32.9 Å². The van der Waals surface area contributed by atoms with E-state index >= 15 is 4.39 Å². The van der Waals surface area contributed by atoms with E-state index < -0.39 is 11.8 Å². The topological polar surface area (TPSA) is 95.7 Å². The van der Waals surface area contributed by atoms with Crippen LogP contribution in [0.15, 0.2) is 72.8 Å². The number of aryl methyl sites for hydroxylation is 1. The molecule has 43 heavy (non-hydrogen) atoms. The monoisotopic (exact) mass is 587 g/mol. The summed E-state index contributed by atoms with van der Waals surface area (Å²) in [6, 6.07) is 19.7. The number of carboxylic acid groups (broad SMARTS) is 1. The zero-order chi connectivity index (χ0) is 30.3. The third kappa shape index (κ3) is 7.22. The van der Waals surface area contributed by atoms with E-state index in [1.54, 1.807) is 55.6 Å². The van der Waals surface area contributed by atoms with Crippen LogP contribution >= 0.6 is 0 Å². The number of hydrogen-bond acceptors (Lipinski definition) is 6. The van der Waals surface area contributed by atoms with Crippen LogP contribution < -0.4 is 4.74 Å². The number of hydrogen-bond donors (Lipinski definition) is 1. The predicted molar refractivity (Wildman–Crippen MR) is 157 cm³/mol. The maximum absolute atomic E-state index is 15.5. The summed E-state index contributed by atoms with van der Waals surface area (Å²) in [5.41, 5.74) is 4.10. The molecule has 0 saturated carbocycles. The van der Waals surface area contributed by atoms with Crippen LogP contribution in [-0.4, -0.2) is 52.5 Å². The Hall–Kier alpha value is -4.67. The molecule has 5 aromatic rings. The Labute approximate surface area is 247 Å². The Balaban J connectivity index is 1.35. The van der Waals surface area contributed by atoms with Crippen molar-refractivity contribution in [1.82, 2.24) is 14.5 Å². The lowest BCUT2D eigenvalue weighted by Crippen LogP contribution is -2.12. The van der Waals surface area contributed by atoms with E-state index in [9.17, 15) is 14.3 Å². The highest BCUT2D eigenvalue weighted by Gasteiger charge is 2.16. The highest BCUT2D eigenvalue weighted by Crippen LogP contribution is 2.26. The van der Waals surface area contributed by atoms with Gasteiger partial charge in [-0.05, 0) is 54.4 Å². The molecule has 0 atom stereocenters. The molecule has 0 fully saturated rings. The van der Waals surface area contributed by atoms with Crippen LogP contribution in [0.2, 0.25) is 0 Å². The van der Waals surface area contributed by atoms with Crippen molar-refractivity contribution in [3.8, 4) is 17.1 Å².